The molecule has 7 heteroatoms. The van der Waals surface area contributed by atoms with Gasteiger partial charge in [-0.25, -0.2) is 13.8 Å². The number of hydrogen-bond acceptors (Lipinski definition) is 3. The van der Waals surface area contributed by atoms with E-state index in [1.807, 2.05) is 0 Å². The van der Waals surface area contributed by atoms with E-state index in [2.05, 4.69) is 10.1 Å². The molecule has 2 aromatic heterocycles. The first-order valence-corrected chi connectivity index (χ1v) is 6.17. The summed E-state index contributed by atoms with van der Waals surface area (Å²) in [5.41, 5.74) is 6.99. The maximum Gasteiger partial charge on any atom is 0.214 e. The first kappa shape index (κ1) is 13.2. The van der Waals surface area contributed by atoms with Crippen LogP contribution in [0.3, 0.4) is 0 Å². The molecule has 0 aliphatic heterocycles. The van der Waals surface area contributed by atoms with Crippen LogP contribution in [0.1, 0.15) is 11.3 Å². The maximum absolute atomic E-state index is 13.7. The maximum atomic E-state index is 13.7. The van der Waals surface area contributed by atoms with Crippen molar-refractivity contribution in [2.45, 2.75) is 6.42 Å². The van der Waals surface area contributed by atoms with Crippen molar-refractivity contribution in [1.29, 1.82) is 5.41 Å². The summed E-state index contributed by atoms with van der Waals surface area (Å²) in [5, 5.41) is 11.6. The third kappa shape index (κ3) is 2.33. The van der Waals surface area contributed by atoms with Gasteiger partial charge in [-0.2, -0.15) is 9.78 Å². The average molecular weight is 287 g/mol. The van der Waals surface area contributed by atoms with Gasteiger partial charge >= 0.3 is 0 Å². The summed E-state index contributed by atoms with van der Waals surface area (Å²) in [5.74, 6) is -1.26. The summed E-state index contributed by atoms with van der Waals surface area (Å²) in [6.45, 7) is 0. The number of aromatic nitrogens is 3. The molecule has 0 atom stereocenters. The minimum absolute atomic E-state index is 0.183. The van der Waals surface area contributed by atoms with Crippen molar-refractivity contribution in [3.8, 4) is 0 Å². The Labute approximate surface area is 118 Å². The highest BCUT2D eigenvalue weighted by Gasteiger charge is 2.16. The van der Waals surface area contributed by atoms with Crippen molar-refractivity contribution in [1.82, 2.24) is 14.8 Å². The minimum Gasteiger partial charge on any atom is -0.368 e. The van der Waals surface area contributed by atoms with Crippen LogP contribution in [0.4, 0.5) is 8.78 Å². The normalized spacial score (nSPS) is 11.0. The molecule has 0 radical (unpaired) electrons. The van der Waals surface area contributed by atoms with Gasteiger partial charge in [0.05, 0.1) is 17.4 Å². The summed E-state index contributed by atoms with van der Waals surface area (Å²) in [6, 6.07) is 7.50. The lowest BCUT2D eigenvalue weighted by Crippen LogP contribution is -2.21. The van der Waals surface area contributed by atoms with Crippen molar-refractivity contribution in [3.05, 3.63) is 59.4 Å². The van der Waals surface area contributed by atoms with Gasteiger partial charge < -0.3 is 5.73 Å². The first-order valence-electron chi connectivity index (χ1n) is 6.17. The molecule has 0 saturated carbocycles. The molecule has 3 aromatic rings. The second-order valence-electron chi connectivity index (χ2n) is 4.53. The Morgan fingerprint density at radius 3 is 2.76 bits per heavy atom. The highest BCUT2D eigenvalue weighted by Crippen LogP contribution is 2.20. The van der Waals surface area contributed by atoms with E-state index in [1.165, 1.54) is 12.1 Å². The topological polar surface area (TPSA) is 80.6 Å². The third-order valence-corrected chi connectivity index (χ3v) is 3.10. The molecule has 5 nitrogen and oxygen atoms in total. The van der Waals surface area contributed by atoms with Crippen molar-refractivity contribution < 1.29 is 8.78 Å². The zero-order valence-corrected chi connectivity index (χ0v) is 10.8. The van der Waals surface area contributed by atoms with Gasteiger partial charge in [-0.15, -0.1) is 0 Å². The van der Waals surface area contributed by atoms with Crippen LogP contribution < -0.4 is 5.73 Å². The van der Waals surface area contributed by atoms with Crippen molar-refractivity contribution in [2.24, 2.45) is 5.73 Å². The van der Waals surface area contributed by atoms with Gasteiger partial charge in [0.1, 0.15) is 17.2 Å². The molecule has 0 amide bonds. The number of fused-ring (bicyclic) bond motifs is 1. The van der Waals surface area contributed by atoms with Gasteiger partial charge in [0, 0.05) is 12.5 Å². The summed E-state index contributed by atoms with van der Waals surface area (Å²) in [6.07, 6.45) is 1.24. The number of nitrogens with one attached hydrogen (secondary N) is 1. The summed E-state index contributed by atoms with van der Waals surface area (Å²) >= 11 is 0. The molecule has 0 saturated heterocycles. The Morgan fingerprint density at radius 1 is 1.29 bits per heavy atom. The van der Waals surface area contributed by atoms with E-state index in [4.69, 9.17) is 11.1 Å². The molecule has 1 aromatic carbocycles. The second-order valence-corrected chi connectivity index (χ2v) is 4.53. The van der Waals surface area contributed by atoms with E-state index in [9.17, 15) is 8.78 Å². The molecule has 0 bridgehead atoms. The van der Waals surface area contributed by atoms with Crippen LogP contribution in [0.2, 0.25) is 0 Å². The predicted molar refractivity (Wildman–Crippen MR) is 74.0 cm³/mol. The van der Waals surface area contributed by atoms with Gasteiger partial charge in [0.2, 0.25) is 5.96 Å². The average Bonchev–Trinajstić information content (AvgIpc) is 2.79. The zero-order valence-electron chi connectivity index (χ0n) is 10.8. The Hall–Kier alpha value is -2.83. The van der Waals surface area contributed by atoms with Gasteiger partial charge in [-0.05, 0) is 11.6 Å². The lowest BCUT2D eigenvalue weighted by molar-refractivity contribution is 0.613. The SMILES string of the molecule is N=C(N)n1nc(Cc2ccccc2F)c2ncc(F)cc21. The van der Waals surface area contributed by atoms with Gasteiger partial charge in [0.15, 0.2) is 0 Å². The van der Waals surface area contributed by atoms with Crippen LogP contribution in [-0.4, -0.2) is 20.7 Å². The van der Waals surface area contributed by atoms with Crippen LogP contribution in [0.5, 0.6) is 0 Å². The smallest absolute Gasteiger partial charge is 0.214 e. The van der Waals surface area contributed by atoms with E-state index < -0.39 is 5.82 Å². The molecular weight excluding hydrogens is 276 g/mol. The van der Waals surface area contributed by atoms with Crippen LogP contribution in [0.25, 0.3) is 11.0 Å². The molecule has 0 spiro atoms. The molecule has 21 heavy (non-hydrogen) atoms. The van der Waals surface area contributed by atoms with E-state index in [-0.39, 0.29) is 23.7 Å². The molecule has 3 N–H and O–H groups in total. The number of pyridine rings is 1. The number of halogens is 2. The highest BCUT2D eigenvalue weighted by atomic mass is 19.1. The minimum atomic E-state index is -0.553. The predicted octanol–water partition coefficient (Wildman–Crippen LogP) is 2.04. The molecular formula is C14H11F2N5. The lowest BCUT2D eigenvalue weighted by Gasteiger charge is -2.00. The number of nitrogen functional groups attached to an aromatic ring is 1. The molecule has 3 rings (SSSR count). The highest BCUT2D eigenvalue weighted by molar-refractivity contribution is 5.89. The second kappa shape index (κ2) is 4.93. The lowest BCUT2D eigenvalue weighted by atomic mass is 10.1. The number of rotatable bonds is 2. The number of hydrogen-bond donors (Lipinski definition) is 2. The fourth-order valence-electron chi connectivity index (χ4n) is 2.16. The molecule has 106 valence electrons. The summed E-state index contributed by atoms with van der Waals surface area (Å²) in [7, 11) is 0. The monoisotopic (exact) mass is 287 g/mol. The van der Waals surface area contributed by atoms with Crippen LogP contribution >= 0.6 is 0 Å². The van der Waals surface area contributed by atoms with Gasteiger partial charge in [-0.3, -0.25) is 5.41 Å². The third-order valence-electron chi connectivity index (χ3n) is 3.10. The Balaban J connectivity index is 2.15. The van der Waals surface area contributed by atoms with Crippen molar-refractivity contribution in [3.63, 3.8) is 0 Å². The summed E-state index contributed by atoms with van der Waals surface area (Å²) < 4.78 is 28.1. The van der Waals surface area contributed by atoms with E-state index in [1.54, 1.807) is 18.2 Å². The van der Waals surface area contributed by atoms with Crippen LogP contribution in [0.15, 0.2) is 36.5 Å². The van der Waals surface area contributed by atoms with E-state index >= 15 is 0 Å². The van der Waals surface area contributed by atoms with Gasteiger partial charge in [-0.1, -0.05) is 18.2 Å². The molecule has 0 aliphatic carbocycles. The Bertz CT molecular complexity index is 840. The molecule has 2 heterocycles. The number of nitrogens with zero attached hydrogens (tertiary/aromatic N) is 3. The zero-order chi connectivity index (χ0) is 15.0. The molecule has 0 aliphatic rings. The van der Waals surface area contributed by atoms with E-state index in [0.29, 0.717) is 16.8 Å². The Kier molecular flexibility index (Phi) is 3.09. The van der Waals surface area contributed by atoms with Crippen molar-refractivity contribution in [2.75, 3.05) is 0 Å². The van der Waals surface area contributed by atoms with Crippen LogP contribution in [0, 0.1) is 17.0 Å². The molecule has 0 fully saturated rings. The van der Waals surface area contributed by atoms with E-state index in [0.717, 1.165) is 10.9 Å². The van der Waals surface area contributed by atoms with Gasteiger partial charge in [0.25, 0.3) is 0 Å². The Morgan fingerprint density at radius 2 is 2.05 bits per heavy atom. The van der Waals surface area contributed by atoms with Crippen molar-refractivity contribution >= 4 is 17.0 Å². The largest absolute Gasteiger partial charge is 0.368 e. The fraction of sp³-hybridized carbons (Fsp3) is 0.0714. The molecule has 0 unspecified atom stereocenters. The fourth-order valence-corrected chi connectivity index (χ4v) is 2.16. The number of benzene rings is 1. The summed E-state index contributed by atoms with van der Waals surface area (Å²) in [4.78, 5) is 3.98. The standard InChI is InChI=1S/C14H11F2N5/c15-9-6-12-13(19-7-9)11(20-21(12)14(17)18)5-8-3-1-2-4-10(8)16/h1-4,6-7H,5H2,(H3,17,18). The van der Waals surface area contributed by atoms with Crippen LogP contribution in [-0.2, 0) is 6.42 Å². The first-order chi connectivity index (χ1) is 10.1. The number of nitrogens with two attached hydrogens (primary N) is 1. The quantitative estimate of drug-likeness (QED) is 0.559.